The molecule has 0 aliphatic carbocycles. The second-order valence-corrected chi connectivity index (χ2v) is 5.10. The summed E-state index contributed by atoms with van der Waals surface area (Å²) in [6.07, 6.45) is 0. The molecule has 3 heteroatoms. The highest BCUT2D eigenvalue weighted by molar-refractivity contribution is 5.25. The standard InChI is InChI=1S/C17H20FNO/c1-13(2)19-11-14-6-8-15(9-7-14)12-20-17-5-3-4-16(18)10-17/h3-10,13,19H,11-12H2,1-2H3. The summed E-state index contributed by atoms with van der Waals surface area (Å²) in [7, 11) is 0. The van der Waals surface area contributed by atoms with E-state index in [1.165, 1.54) is 17.7 Å². The Morgan fingerprint density at radius 3 is 2.40 bits per heavy atom. The van der Waals surface area contributed by atoms with E-state index >= 15 is 0 Å². The van der Waals surface area contributed by atoms with Gasteiger partial charge < -0.3 is 10.1 Å². The molecular weight excluding hydrogens is 253 g/mol. The van der Waals surface area contributed by atoms with Crippen molar-refractivity contribution in [3.05, 3.63) is 65.5 Å². The summed E-state index contributed by atoms with van der Waals surface area (Å²) < 4.78 is 18.6. The molecule has 0 spiro atoms. The first-order valence-electron chi connectivity index (χ1n) is 6.83. The molecule has 0 unspecified atom stereocenters. The van der Waals surface area contributed by atoms with Crippen LogP contribution in [0, 0.1) is 5.82 Å². The fraction of sp³-hybridized carbons (Fsp3) is 0.294. The predicted molar refractivity (Wildman–Crippen MR) is 79.1 cm³/mol. The molecule has 2 aromatic carbocycles. The number of nitrogens with one attached hydrogen (secondary N) is 1. The van der Waals surface area contributed by atoms with Gasteiger partial charge in [0.2, 0.25) is 0 Å². The van der Waals surface area contributed by atoms with Crippen LogP contribution in [0.25, 0.3) is 0 Å². The second-order valence-electron chi connectivity index (χ2n) is 5.10. The Labute approximate surface area is 119 Å². The van der Waals surface area contributed by atoms with Gasteiger partial charge in [0.25, 0.3) is 0 Å². The summed E-state index contributed by atoms with van der Waals surface area (Å²) in [6, 6.07) is 14.9. The van der Waals surface area contributed by atoms with Gasteiger partial charge in [-0.25, -0.2) is 4.39 Å². The first-order valence-corrected chi connectivity index (χ1v) is 6.83. The van der Waals surface area contributed by atoms with Gasteiger partial charge in [-0.1, -0.05) is 44.2 Å². The first-order chi connectivity index (χ1) is 9.63. The van der Waals surface area contributed by atoms with Crippen LogP contribution < -0.4 is 10.1 Å². The van der Waals surface area contributed by atoms with E-state index in [4.69, 9.17) is 4.74 Å². The lowest BCUT2D eigenvalue weighted by Crippen LogP contribution is -2.21. The Morgan fingerprint density at radius 2 is 1.75 bits per heavy atom. The average molecular weight is 273 g/mol. The topological polar surface area (TPSA) is 21.3 Å². The number of rotatable bonds is 6. The van der Waals surface area contributed by atoms with Gasteiger partial charge in [0, 0.05) is 18.7 Å². The average Bonchev–Trinajstić information content (AvgIpc) is 2.44. The van der Waals surface area contributed by atoms with Gasteiger partial charge in [0.15, 0.2) is 0 Å². The summed E-state index contributed by atoms with van der Waals surface area (Å²) in [4.78, 5) is 0. The zero-order valence-corrected chi connectivity index (χ0v) is 11.9. The minimum atomic E-state index is -0.280. The first kappa shape index (κ1) is 14.5. The normalized spacial score (nSPS) is 10.8. The molecule has 0 saturated carbocycles. The molecule has 0 amide bonds. The van der Waals surface area contributed by atoms with Crippen molar-refractivity contribution in [1.82, 2.24) is 5.32 Å². The van der Waals surface area contributed by atoms with Crippen molar-refractivity contribution in [2.24, 2.45) is 0 Å². The molecule has 0 bridgehead atoms. The van der Waals surface area contributed by atoms with Crippen molar-refractivity contribution in [3.8, 4) is 5.75 Å². The molecule has 2 rings (SSSR count). The summed E-state index contributed by atoms with van der Waals surface area (Å²) in [5.41, 5.74) is 2.32. The number of hydrogen-bond donors (Lipinski definition) is 1. The molecule has 0 atom stereocenters. The van der Waals surface area contributed by atoms with Gasteiger partial charge >= 0.3 is 0 Å². The van der Waals surface area contributed by atoms with Crippen LogP contribution in [0.2, 0.25) is 0 Å². The van der Waals surface area contributed by atoms with Crippen molar-refractivity contribution in [1.29, 1.82) is 0 Å². The summed E-state index contributed by atoms with van der Waals surface area (Å²) in [5, 5.41) is 3.37. The predicted octanol–water partition coefficient (Wildman–Crippen LogP) is 3.90. The van der Waals surface area contributed by atoms with Crippen molar-refractivity contribution in [2.45, 2.75) is 33.0 Å². The molecule has 106 valence electrons. The molecular formula is C17H20FNO. The van der Waals surface area contributed by atoms with Crippen LogP contribution in [0.15, 0.2) is 48.5 Å². The molecule has 0 heterocycles. The Hall–Kier alpha value is -1.87. The van der Waals surface area contributed by atoms with E-state index in [9.17, 15) is 4.39 Å². The van der Waals surface area contributed by atoms with Gasteiger partial charge in [-0.05, 0) is 23.3 Å². The zero-order chi connectivity index (χ0) is 14.4. The monoisotopic (exact) mass is 273 g/mol. The van der Waals surface area contributed by atoms with Crippen LogP contribution in [0.3, 0.4) is 0 Å². The van der Waals surface area contributed by atoms with Crippen molar-refractivity contribution < 1.29 is 9.13 Å². The van der Waals surface area contributed by atoms with Gasteiger partial charge in [-0.3, -0.25) is 0 Å². The highest BCUT2D eigenvalue weighted by Crippen LogP contribution is 2.14. The third kappa shape index (κ3) is 4.67. The number of halogens is 1. The molecule has 0 aliphatic heterocycles. The lowest BCUT2D eigenvalue weighted by Gasteiger charge is -2.09. The highest BCUT2D eigenvalue weighted by atomic mass is 19.1. The molecule has 0 radical (unpaired) electrons. The van der Waals surface area contributed by atoms with Crippen molar-refractivity contribution in [2.75, 3.05) is 0 Å². The van der Waals surface area contributed by atoms with Crippen LogP contribution in [0.1, 0.15) is 25.0 Å². The van der Waals surface area contributed by atoms with Crippen LogP contribution in [0.5, 0.6) is 5.75 Å². The molecule has 20 heavy (non-hydrogen) atoms. The van der Waals surface area contributed by atoms with Crippen molar-refractivity contribution in [3.63, 3.8) is 0 Å². The quantitative estimate of drug-likeness (QED) is 0.861. The van der Waals surface area contributed by atoms with Crippen molar-refractivity contribution >= 4 is 0 Å². The second kappa shape index (κ2) is 7.06. The van der Waals surface area contributed by atoms with E-state index in [1.807, 2.05) is 12.1 Å². The Morgan fingerprint density at radius 1 is 1.05 bits per heavy atom. The van der Waals surface area contributed by atoms with Gasteiger partial charge in [0.05, 0.1) is 0 Å². The summed E-state index contributed by atoms with van der Waals surface area (Å²) in [6.45, 7) is 5.56. The van der Waals surface area contributed by atoms with E-state index in [2.05, 4.69) is 31.3 Å². The van der Waals surface area contributed by atoms with E-state index in [-0.39, 0.29) is 5.82 Å². The maximum absolute atomic E-state index is 13.0. The molecule has 0 saturated heterocycles. The Bertz CT molecular complexity index is 537. The van der Waals surface area contributed by atoms with E-state index in [0.717, 1.165) is 12.1 Å². The molecule has 0 aliphatic rings. The van der Waals surface area contributed by atoms with Gasteiger partial charge in [-0.2, -0.15) is 0 Å². The highest BCUT2D eigenvalue weighted by Gasteiger charge is 1.99. The summed E-state index contributed by atoms with van der Waals surface area (Å²) in [5.74, 6) is 0.271. The minimum absolute atomic E-state index is 0.280. The SMILES string of the molecule is CC(C)NCc1ccc(COc2cccc(F)c2)cc1. The smallest absolute Gasteiger partial charge is 0.126 e. The lowest BCUT2D eigenvalue weighted by atomic mass is 10.1. The number of ether oxygens (including phenoxy) is 1. The summed E-state index contributed by atoms with van der Waals surface area (Å²) >= 11 is 0. The molecule has 2 nitrogen and oxygen atoms in total. The molecule has 2 aromatic rings. The maximum Gasteiger partial charge on any atom is 0.126 e. The molecule has 0 fully saturated rings. The Balaban J connectivity index is 1.87. The Kier molecular flexibility index (Phi) is 5.13. The zero-order valence-electron chi connectivity index (χ0n) is 11.9. The third-order valence-corrected chi connectivity index (χ3v) is 2.94. The van der Waals surface area contributed by atoms with Crippen LogP contribution in [0.4, 0.5) is 4.39 Å². The van der Waals surface area contributed by atoms with E-state index < -0.39 is 0 Å². The van der Waals surface area contributed by atoms with E-state index in [0.29, 0.717) is 18.4 Å². The van der Waals surface area contributed by atoms with Crippen LogP contribution in [-0.2, 0) is 13.2 Å². The minimum Gasteiger partial charge on any atom is -0.489 e. The fourth-order valence-corrected chi connectivity index (χ4v) is 1.80. The van der Waals surface area contributed by atoms with Crippen LogP contribution in [-0.4, -0.2) is 6.04 Å². The van der Waals surface area contributed by atoms with Gasteiger partial charge in [-0.15, -0.1) is 0 Å². The lowest BCUT2D eigenvalue weighted by molar-refractivity contribution is 0.304. The largest absolute Gasteiger partial charge is 0.489 e. The fourth-order valence-electron chi connectivity index (χ4n) is 1.80. The van der Waals surface area contributed by atoms with Gasteiger partial charge in [0.1, 0.15) is 18.2 Å². The third-order valence-electron chi connectivity index (χ3n) is 2.94. The van der Waals surface area contributed by atoms with E-state index in [1.54, 1.807) is 12.1 Å². The molecule has 0 aromatic heterocycles. The molecule has 1 N–H and O–H groups in total. The number of hydrogen-bond acceptors (Lipinski definition) is 2. The number of benzene rings is 2. The van der Waals surface area contributed by atoms with Crippen LogP contribution >= 0.6 is 0 Å². The maximum atomic E-state index is 13.0.